The maximum absolute atomic E-state index is 13.1. The van der Waals surface area contributed by atoms with Gasteiger partial charge >= 0.3 is 0 Å². The first-order chi connectivity index (χ1) is 12.0. The SMILES string of the molecule is Cc1cccc(CS(=O)(=O)N(Cc2ccccc2)c2ccncc2)c1. The van der Waals surface area contributed by atoms with Gasteiger partial charge in [-0.05, 0) is 30.2 Å². The Morgan fingerprint density at radius 2 is 1.56 bits per heavy atom. The molecule has 0 bridgehead atoms. The molecule has 4 nitrogen and oxygen atoms in total. The lowest BCUT2D eigenvalue weighted by atomic mass is 10.2. The van der Waals surface area contributed by atoms with Gasteiger partial charge in [0.15, 0.2) is 0 Å². The van der Waals surface area contributed by atoms with Gasteiger partial charge in [-0.1, -0.05) is 60.2 Å². The van der Waals surface area contributed by atoms with E-state index < -0.39 is 10.0 Å². The van der Waals surface area contributed by atoms with Crippen molar-refractivity contribution >= 4 is 15.7 Å². The molecule has 0 spiro atoms. The number of aryl methyl sites for hydroxylation is 1. The second-order valence-electron chi connectivity index (χ2n) is 5.94. The Labute approximate surface area is 148 Å². The largest absolute Gasteiger partial charge is 0.265 e. The summed E-state index contributed by atoms with van der Waals surface area (Å²) in [4.78, 5) is 3.99. The molecule has 0 aliphatic carbocycles. The first-order valence-corrected chi connectivity index (χ1v) is 9.65. The number of benzene rings is 2. The second-order valence-corrected chi connectivity index (χ2v) is 7.84. The molecule has 1 aromatic heterocycles. The zero-order valence-corrected chi connectivity index (χ0v) is 14.9. The summed E-state index contributed by atoms with van der Waals surface area (Å²) in [6, 6.07) is 20.6. The van der Waals surface area contributed by atoms with Crippen molar-refractivity contribution in [2.24, 2.45) is 0 Å². The highest BCUT2D eigenvalue weighted by Crippen LogP contribution is 2.23. The Bertz CT molecular complexity index is 926. The predicted octanol–water partition coefficient (Wildman–Crippen LogP) is 3.93. The van der Waals surface area contributed by atoms with Crippen LogP contribution in [-0.4, -0.2) is 13.4 Å². The van der Waals surface area contributed by atoms with Crippen molar-refractivity contribution < 1.29 is 8.42 Å². The van der Waals surface area contributed by atoms with Crippen LogP contribution in [0, 0.1) is 6.92 Å². The van der Waals surface area contributed by atoms with Gasteiger partial charge in [0, 0.05) is 12.4 Å². The number of aromatic nitrogens is 1. The molecule has 0 saturated carbocycles. The summed E-state index contributed by atoms with van der Waals surface area (Å²) in [5, 5.41) is 0. The van der Waals surface area contributed by atoms with Crippen LogP contribution >= 0.6 is 0 Å². The molecule has 0 aliphatic heterocycles. The molecular formula is C20H20N2O2S. The molecule has 3 rings (SSSR count). The van der Waals surface area contributed by atoms with Crippen LogP contribution in [0.3, 0.4) is 0 Å². The molecule has 0 amide bonds. The minimum atomic E-state index is -3.54. The lowest BCUT2D eigenvalue weighted by Crippen LogP contribution is -2.31. The minimum Gasteiger partial charge on any atom is -0.265 e. The third kappa shape index (κ3) is 4.45. The van der Waals surface area contributed by atoms with Crippen molar-refractivity contribution in [1.29, 1.82) is 0 Å². The van der Waals surface area contributed by atoms with E-state index >= 15 is 0 Å². The Morgan fingerprint density at radius 3 is 2.24 bits per heavy atom. The zero-order chi connectivity index (χ0) is 17.7. The molecule has 0 radical (unpaired) electrons. The van der Waals surface area contributed by atoms with Gasteiger partial charge in [-0.2, -0.15) is 0 Å². The fraction of sp³-hybridized carbons (Fsp3) is 0.150. The third-order valence-corrected chi connectivity index (χ3v) is 5.60. The van der Waals surface area contributed by atoms with E-state index in [1.807, 2.05) is 61.5 Å². The first-order valence-electron chi connectivity index (χ1n) is 8.04. The molecule has 0 saturated heterocycles. The average molecular weight is 352 g/mol. The van der Waals surface area contributed by atoms with Gasteiger partial charge in [0.1, 0.15) is 0 Å². The van der Waals surface area contributed by atoms with Gasteiger partial charge in [-0.3, -0.25) is 9.29 Å². The average Bonchev–Trinajstić information content (AvgIpc) is 2.61. The van der Waals surface area contributed by atoms with E-state index in [1.54, 1.807) is 24.5 Å². The van der Waals surface area contributed by atoms with Crippen LogP contribution < -0.4 is 4.31 Å². The summed E-state index contributed by atoms with van der Waals surface area (Å²) in [5.74, 6) is -0.0379. The highest BCUT2D eigenvalue weighted by atomic mass is 32.2. The van der Waals surface area contributed by atoms with E-state index in [0.29, 0.717) is 12.2 Å². The molecule has 128 valence electrons. The first kappa shape index (κ1) is 17.2. The van der Waals surface area contributed by atoms with E-state index in [0.717, 1.165) is 16.7 Å². The summed E-state index contributed by atoms with van der Waals surface area (Å²) >= 11 is 0. The smallest absolute Gasteiger partial charge is 0.239 e. The lowest BCUT2D eigenvalue weighted by Gasteiger charge is -2.24. The minimum absolute atomic E-state index is 0.0379. The molecule has 0 N–H and O–H groups in total. The van der Waals surface area contributed by atoms with E-state index in [2.05, 4.69) is 4.98 Å². The summed E-state index contributed by atoms with van der Waals surface area (Å²) < 4.78 is 27.7. The highest BCUT2D eigenvalue weighted by Gasteiger charge is 2.23. The second kappa shape index (κ2) is 7.49. The van der Waals surface area contributed by atoms with Crippen LogP contribution in [-0.2, 0) is 22.3 Å². The molecular weight excluding hydrogens is 332 g/mol. The van der Waals surface area contributed by atoms with Gasteiger partial charge in [0.2, 0.25) is 10.0 Å². The maximum Gasteiger partial charge on any atom is 0.239 e. The number of hydrogen-bond acceptors (Lipinski definition) is 3. The Morgan fingerprint density at radius 1 is 0.880 bits per heavy atom. The molecule has 0 aliphatic rings. The van der Waals surface area contributed by atoms with Gasteiger partial charge in [0.05, 0.1) is 18.0 Å². The maximum atomic E-state index is 13.1. The van der Waals surface area contributed by atoms with Crippen molar-refractivity contribution in [3.05, 3.63) is 95.8 Å². The van der Waals surface area contributed by atoms with Crippen LogP contribution in [0.1, 0.15) is 16.7 Å². The summed E-state index contributed by atoms with van der Waals surface area (Å²) in [6.07, 6.45) is 3.21. The third-order valence-electron chi connectivity index (χ3n) is 3.89. The predicted molar refractivity (Wildman–Crippen MR) is 101 cm³/mol. The van der Waals surface area contributed by atoms with E-state index in [1.165, 1.54) is 4.31 Å². The topological polar surface area (TPSA) is 50.3 Å². The van der Waals surface area contributed by atoms with E-state index in [4.69, 9.17) is 0 Å². The van der Waals surface area contributed by atoms with Crippen LogP contribution in [0.25, 0.3) is 0 Å². The molecule has 0 unspecified atom stereocenters. The Balaban J connectivity index is 1.95. The lowest BCUT2D eigenvalue weighted by molar-refractivity contribution is 0.589. The Kier molecular flexibility index (Phi) is 5.14. The van der Waals surface area contributed by atoms with E-state index in [9.17, 15) is 8.42 Å². The van der Waals surface area contributed by atoms with Crippen molar-refractivity contribution in [2.75, 3.05) is 4.31 Å². The van der Waals surface area contributed by atoms with Crippen molar-refractivity contribution in [3.8, 4) is 0 Å². The zero-order valence-electron chi connectivity index (χ0n) is 14.0. The number of anilines is 1. The van der Waals surface area contributed by atoms with Crippen LogP contribution in [0.4, 0.5) is 5.69 Å². The van der Waals surface area contributed by atoms with Crippen LogP contribution in [0.15, 0.2) is 79.1 Å². The molecule has 2 aromatic carbocycles. The van der Waals surface area contributed by atoms with Crippen molar-refractivity contribution in [1.82, 2.24) is 4.98 Å². The molecule has 25 heavy (non-hydrogen) atoms. The number of rotatable bonds is 6. The van der Waals surface area contributed by atoms with E-state index in [-0.39, 0.29) is 5.75 Å². The number of sulfonamides is 1. The normalized spacial score (nSPS) is 11.2. The highest BCUT2D eigenvalue weighted by molar-refractivity contribution is 7.92. The summed E-state index contributed by atoms with van der Waals surface area (Å²) in [7, 11) is -3.54. The monoisotopic (exact) mass is 352 g/mol. The van der Waals surface area contributed by atoms with Gasteiger partial charge in [0.25, 0.3) is 0 Å². The van der Waals surface area contributed by atoms with Gasteiger partial charge in [-0.25, -0.2) is 8.42 Å². The van der Waals surface area contributed by atoms with Crippen LogP contribution in [0.5, 0.6) is 0 Å². The summed E-state index contributed by atoms with van der Waals surface area (Å²) in [6.45, 7) is 2.25. The van der Waals surface area contributed by atoms with Crippen molar-refractivity contribution in [3.63, 3.8) is 0 Å². The molecule has 1 heterocycles. The molecule has 0 atom stereocenters. The number of pyridine rings is 1. The van der Waals surface area contributed by atoms with Gasteiger partial charge < -0.3 is 0 Å². The summed E-state index contributed by atoms with van der Waals surface area (Å²) in [5.41, 5.74) is 3.39. The fourth-order valence-corrected chi connectivity index (χ4v) is 4.25. The van der Waals surface area contributed by atoms with Gasteiger partial charge in [-0.15, -0.1) is 0 Å². The molecule has 0 fully saturated rings. The Hall–Kier alpha value is -2.66. The quantitative estimate of drug-likeness (QED) is 0.675. The standard InChI is InChI=1S/C20H20N2O2S/c1-17-6-5-9-19(14-17)16-25(23,24)22(20-10-12-21-13-11-20)15-18-7-3-2-4-8-18/h2-14H,15-16H2,1H3. The number of nitrogens with zero attached hydrogens (tertiary/aromatic N) is 2. The fourth-order valence-electron chi connectivity index (χ4n) is 2.70. The van der Waals surface area contributed by atoms with Crippen LogP contribution in [0.2, 0.25) is 0 Å². The van der Waals surface area contributed by atoms with Crippen molar-refractivity contribution in [2.45, 2.75) is 19.2 Å². The molecule has 3 aromatic rings. The molecule has 5 heteroatoms. The number of hydrogen-bond donors (Lipinski definition) is 0.